The number of unbranched alkanes of at least 4 members (excludes halogenated alkanes) is 28. The first-order chi connectivity index (χ1) is 20.6. The van der Waals surface area contributed by atoms with Crippen molar-refractivity contribution in [1.29, 1.82) is 0 Å². The molecule has 0 rings (SSSR count). The molecule has 1 atom stereocenters. The minimum atomic E-state index is -0.530. The molecule has 1 N–H and O–H groups in total. The standard InChI is InChI=1S/C38H75NO3/c1-4-6-8-10-12-14-16-18-20-22-24-26-28-30-32-34-37(40)39-36(3)42-38(41)35-33-31-29-27-25-23-21-19-17-15-13-11-9-7-5-2/h36H,4-35H2,1-3H3,(H,39,40). The van der Waals surface area contributed by atoms with Gasteiger partial charge in [-0.2, -0.15) is 0 Å². The number of amides is 1. The lowest BCUT2D eigenvalue weighted by atomic mass is 10.0. The van der Waals surface area contributed by atoms with Crippen molar-refractivity contribution < 1.29 is 14.3 Å². The number of carbonyl (C=O) groups excluding carboxylic acids is 2. The van der Waals surface area contributed by atoms with Crippen molar-refractivity contribution in [2.24, 2.45) is 0 Å². The van der Waals surface area contributed by atoms with E-state index in [1.807, 2.05) is 0 Å². The van der Waals surface area contributed by atoms with E-state index in [1.165, 1.54) is 167 Å². The molecule has 1 amide bonds. The maximum absolute atomic E-state index is 12.2. The number of rotatable bonds is 34. The van der Waals surface area contributed by atoms with E-state index in [2.05, 4.69) is 19.2 Å². The molecule has 0 heterocycles. The largest absolute Gasteiger partial charge is 0.442 e. The zero-order valence-electron chi connectivity index (χ0n) is 28.9. The molecule has 0 saturated heterocycles. The molecule has 1 unspecified atom stereocenters. The zero-order chi connectivity index (χ0) is 30.8. The van der Waals surface area contributed by atoms with Crippen LogP contribution in [0.15, 0.2) is 0 Å². The Morgan fingerprint density at radius 3 is 1.00 bits per heavy atom. The van der Waals surface area contributed by atoms with Crippen LogP contribution >= 0.6 is 0 Å². The number of hydrogen-bond acceptors (Lipinski definition) is 3. The highest BCUT2D eigenvalue weighted by molar-refractivity contribution is 5.76. The Kier molecular flexibility index (Phi) is 33.6. The molecule has 0 aromatic heterocycles. The van der Waals surface area contributed by atoms with Crippen molar-refractivity contribution in [1.82, 2.24) is 5.32 Å². The molecule has 0 aliphatic rings. The summed E-state index contributed by atoms with van der Waals surface area (Å²) in [5, 5.41) is 2.83. The zero-order valence-corrected chi connectivity index (χ0v) is 28.9. The fourth-order valence-electron chi connectivity index (χ4n) is 5.88. The van der Waals surface area contributed by atoms with Gasteiger partial charge in [-0.25, -0.2) is 0 Å². The molecular formula is C38H75NO3. The predicted octanol–water partition coefficient (Wildman–Crippen LogP) is 12.5. The summed E-state index contributed by atoms with van der Waals surface area (Å²) in [5.74, 6) is -0.193. The second-order valence-electron chi connectivity index (χ2n) is 13.1. The Morgan fingerprint density at radius 1 is 0.429 bits per heavy atom. The average Bonchev–Trinajstić information content (AvgIpc) is 2.97. The summed E-state index contributed by atoms with van der Waals surface area (Å²) in [7, 11) is 0. The van der Waals surface area contributed by atoms with Crippen LogP contribution in [0.3, 0.4) is 0 Å². The molecule has 0 bridgehead atoms. The summed E-state index contributed by atoms with van der Waals surface area (Å²) in [6.45, 7) is 6.32. The van der Waals surface area contributed by atoms with E-state index in [9.17, 15) is 9.59 Å². The molecule has 0 aromatic carbocycles. The Labute approximate surface area is 263 Å². The maximum atomic E-state index is 12.2. The van der Waals surface area contributed by atoms with Crippen molar-refractivity contribution in [2.45, 2.75) is 232 Å². The molecule has 0 aliphatic carbocycles. The Morgan fingerprint density at radius 2 is 0.690 bits per heavy atom. The third-order valence-corrected chi connectivity index (χ3v) is 8.66. The second kappa shape index (κ2) is 34.4. The normalized spacial score (nSPS) is 12.0. The molecule has 0 spiro atoms. The molecule has 0 aliphatic heterocycles. The predicted molar refractivity (Wildman–Crippen MR) is 183 cm³/mol. The van der Waals surface area contributed by atoms with Crippen LogP contribution < -0.4 is 5.32 Å². The van der Waals surface area contributed by atoms with Gasteiger partial charge in [0.15, 0.2) is 6.23 Å². The van der Waals surface area contributed by atoms with Crippen LogP contribution in [-0.4, -0.2) is 18.1 Å². The van der Waals surface area contributed by atoms with Crippen LogP contribution in [0.1, 0.15) is 226 Å². The van der Waals surface area contributed by atoms with Gasteiger partial charge in [-0.15, -0.1) is 0 Å². The summed E-state index contributed by atoms with van der Waals surface area (Å²) in [6.07, 6.45) is 40.0. The number of carbonyl (C=O) groups is 2. The second-order valence-corrected chi connectivity index (χ2v) is 13.1. The third-order valence-electron chi connectivity index (χ3n) is 8.66. The van der Waals surface area contributed by atoms with Crippen LogP contribution in [0.25, 0.3) is 0 Å². The minimum Gasteiger partial charge on any atom is -0.442 e. The van der Waals surface area contributed by atoms with Gasteiger partial charge in [-0.05, 0) is 19.8 Å². The first-order valence-electron chi connectivity index (χ1n) is 19.1. The van der Waals surface area contributed by atoms with Crippen LogP contribution in [-0.2, 0) is 14.3 Å². The van der Waals surface area contributed by atoms with Crippen molar-refractivity contribution in [3.8, 4) is 0 Å². The van der Waals surface area contributed by atoms with Gasteiger partial charge in [0, 0.05) is 12.8 Å². The average molecular weight is 594 g/mol. The Hall–Kier alpha value is -1.06. The van der Waals surface area contributed by atoms with E-state index < -0.39 is 6.23 Å². The molecule has 250 valence electrons. The van der Waals surface area contributed by atoms with Gasteiger partial charge in [0.2, 0.25) is 5.91 Å². The topological polar surface area (TPSA) is 55.4 Å². The van der Waals surface area contributed by atoms with E-state index in [0.717, 1.165) is 25.7 Å². The highest BCUT2D eigenvalue weighted by Crippen LogP contribution is 2.15. The van der Waals surface area contributed by atoms with E-state index in [4.69, 9.17) is 4.74 Å². The third kappa shape index (κ3) is 33.4. The molecule has 0 radical (unpaired) electrons. The molecular weight excluding hydrogens is 518 g/mol. The lowest BCUT2D eigenvalue weighted by Crippen LogP contribution is -2.35. The lowest BCUT2D eigenvalue weighted by molar-refractivity contribution is -0.151. The lowest BCUT2D eigenvalue weighted by Gasteiger charge is -2.15. The number of ether oxygens (including phenoxy) is 1. The molecule has 4 heteroatoms. The highest BCUT2D eigenvalue weighted by atomic mass is 16.6. The van der Waals surface area contributed by atoms with Crippen LogP contribution in [0, 0.1) is 0 Å². The van der Waals surface area contributed by atoms with Crippen molar-refractivity contribution in [3.63, 3.8) is 0 Å². The van der Waals surface area contributed by atoms with Crippen LogP contribution in [0.4, 0.5) is 0 Å². The SMILES string of the molecule is CCCCCCCCCCCCCCCCCC(=O)NC(C)OC(=O)CCCCCCCCCCCCCCCCC. The number of esters is 1. The summed E-state index contributed by atoms with van der Waals surface area (Å²) in [4.78, 5) is 24.3. The summed E-state index contributed by atoms with van der Waals surface area (Å²) >= 11 is 0. The molecule has 0 fully saturated rings. The van der Waals surface area contributed by atoms with Gasteiger partial charge in [0.1, 0.15) is 0 Å². The minimum absolute atomic E-state index is 0.00281. The quantitative estimate of drug-likeness (QED) is 0.0458. The molecule has 0 aromatic rings. The fourth-order valence-corrected chi connectivity index (χ4v) is 5.88. The van der Waals surface area contributed by atoms with E-state index >= 15 is 0 Å². The van der Waals surface area contributed by atoms with Gasteiger partial charge in [0.05, 0.1) is 0 Å². The van der Waals surface area contributed by atoms with Gasteiger partial charge < -0.3 is 10.1 Å². The van der Waals surface area contributed by atoms with Gasteiger partial charge in [-0.3, -0.25) is 9.59 Å². The summed E-state index contributed by atoms with van der Waals surface area (Å²) < 4.78 is 5.40. The van der Waals surface area contributed by atoms with Crippen LogP contribution in [0.2, 0.25) is 0 Å². The summed E-state index contributed by atoms with van der Waals surface area (Å²) in [6, 6.07) is 0. The monoisotopic (exact) mass is 594 g/mol. The smallest absolute Gasteiger partial charge is 0.307 e. The Bertz CT molecular complexity index is 517. The van der Waals surface area contributed by atoms with Gasteiger partial charge in [0.25, 0.3) is 0 Å². The number of hydrogen-bond donors (Lipinski definition) is 1. The first kappa shape index (κ1) is 40.9. The van der Waals surface area contributed by atoms with Crippen LogP contribution in [0.5, 0.6) is 0 Å². The molecule has 4 nitrogen and oxygen atoms in total. The van der Waals surface area contributed by atoms with Gasteiger partial charge >= 0.3 is 5.97 Å². The van der Waals surface area contributed by atoms with E-state index in [1.54, 1.807) is 6.92 Å². The highest BCUT2D eigenvalue weighted by Gasteiger charge is 2.12. The molecule has 42 heavy (non-hydrogen) atoms. The van der Waals surface area contributed by atoms with E-state index in [0.29, 0.717) is 12.8 Å². The van der Waals surface area contributed by atoms with Crippen molar-refractivity contribution >= 4 is 11.9 Å². The molecule has 0 saturated carbocycles. The maximum Gasteiger partial charge on any atom is 0.307 e. The first-order valence-corrected chi connectivity index (χ1v) is 19.1. The Balaban J connectivity index is 3.39. The van der Waals surface area contributed by atoms with Crippen molar-refractivity contribution in [3.05, 3.63) is 0 Å². The fraction of sp³-hybridized carbons (Fsp3) is 0.947. The van der Waals surface area contributed by atoms with E-state index in [-0.39, 0.29) is 11.9 Å². The summed E-state index contributed by atoms with van der Waals surface area (Å²) in [5.41, 5.74) is 0. The number of nitrogens with one attached hydrogen (secondary N) is 1. The van der Waals surface area contributed by atoms with Gasteiger partial charge in [-0.1, -0.05) is 194 Å². The van der Waals surface area contributed by atoms with Crippen molar-refractivity contribution in [2.75, 3.05) is 0 Å².